The molecule has 8 rings (SSSR count). The third-order valence-corrected chi connectivity index (χ3v) is 8.64. The number of hydrogen-bond donors (Lipinski definition) is 1. The summed E-state index contributed by atoms with van der Waals surface area (Å²) in [5.74, 6) is 0. The third kappa shape index (κ3) is 2.97. The molecule has 2 heterocycles. The molecular formula is C35H26N4. The van der Waals surface area contributed by atoms with Gasteiger partial charge in [0.25, 0.3) is 0 Å². The molecule has 0 saturated carbocycles. The van der Waals surface area contributed by atoms with E-state index in [4.69, 9.17) is 0 Å². The molecule has 186 valence electrons. The normalized spacial score (nSPS) is 14.8. The fourth-order valence-corrected chi connectivity index (χ4v) is 6.77. The molecule has 1 aliphatic carbocycles. The van der Waals surface area contributed by atoms with Crippen LogP contribution in [0.5, 0.6) is 0 Å². The Labute approximate surface area is 227 Å². The molecule has 39 heavy (non-hydrogen) atoms. The molecule has 0 amide bonds. The maximum atomic E-state index is 9.51. The minimum atomic E-state index is -0.187. The molecule has 0 saturated heterocycles. The number of nitriles is 1. The quantitative estimate of drug-likeness (QED) is 0.260. The molecule has 0 bridgehead atoms. The van der Waals surface area contributed by atoms with Gasteiger partial charge in [-0.25, -0.2) is 5.43 Å². The first kappa shape index (κ1) is 22.2. The van der Waals surface area contributed by atoms with Crippen LogP contribution in [0.4, 0.5) is 11.4 Å². The third-order valence-electron chi connectivity index (χ3n) is 8.64. The number of anilines is 2. The number of hydrogen-bond acceptors (Lipinski definition) is 3. The highest BCUT2D eigenvalue weighted by atomic mass is 15.5. The van der Waals surface area contributed by atoms with Gasteiger partial charge in [-0.3, -0.25) is 5.01 Å². The Hall–Kier alpha value is -4.85. The Morgan fingerprint density at radius 2 is 1.49 bits per heavy atom. The minimum absolute atomic E-state index is 0.187. The van der Waals surface area contributed by atoms with Crippen LogP contribution in [-0.4, -0.2) is 4.57 Å². The van der Waals surface area contributed by atoms with E-state index in [2.05, 4.69) is 132 Å². The fourth-order valence-electron chi connectivity index (χ4n) is 6.77. The zero-order chi connectivity index (χ0) is 26.3. The highest BCUT2D eigenvalue weighted by molar-refractivity contribution is 6.13. The number of para-hydroxylation sites is 2. The summed E-state index contributed by atoms with van der Waals surface area (Å²) in [5.41, 5.74) is 16.4. The number of rotatable bonds is 2. The van der Waals surface area contributed by atoms with Crippen LogP contribution in [0.2, 0.25) is 0 Å². The van der Waals surface area contributed by atoms with E-state index in [1.54, 1.807) is 0 Å². The summed E-state index contributed by atoms with van der Waals surface area (Å²) in [4.78, 5) is 0. The van der Waals surface area contributed by atoms with E-state index in [-0.39, 0.29) is 5.41 Å². The van der Waals surface area contributed by atoms with E-state index in [1.807, 2.05) is 6.07 Å². The summed E-state index contributed by atoms with van der Waals surface area (Å²) in [6, 6.07) is 39.0. The van der Waals surface area contributed by atoms with Crippen molar-refractivity contribution in [2.45, 2.75) is 25.8 Å². The first-order chi connectivity index (χ1) is 19.1. The van der Waals surface area contributed by atoms with E-state index < -0.39 is 0 Å². The van der Waals surface area contributed by atoms with Crippen molar-refractivity contribution in [3.05, 3.63) is 125 Å². The Morgan fingerprint density at radius 3 is 2.31 bits per heavy atom. The van der Waals surface area contributed by atoms with E-state index in [9.17, 15) is 5.26 Å². The van der Waals surface area contributed by atoms with Gasteiger partial charge >= 0.3 is 0 Å². The SMILES string of the molecule is CC1(C)c2cc(C#N)ccc2-c2ccc(-n3c4ccccc4c4c5c(ccc43)N(c3ccccc3)NC5)cc21. The Morgan fingerprint density at radius 1 is 0.744 bits per heavy atom. The summed E-state index contributed by atoms with van der Waals surface area (Å²) >= 11 is 0. The molecule has 2 aliphatic rings. The molecule has 0 spiro atoms. The molecular weight excluding hydrogens is 476 g/mol. The fraction of sp³-hybridized carbons (Fsp3) is 0.114. The summed E-state index contributed by atoms with van der Waals surface area (Å²) in [5, 5.41) is 14.3. The van der Waals surface area contributed by atoms with Gasteiger partial charge in [-0.2, -0.15) is 5.26 Å². The van der Waals surface area contributed by atoms with Crippen molar-refractivity contribution in [3.8, 4) is 22.9 Å². The van der Waals surface area contributed by atoms with Gasteiger partial charge in [-0.05, 0) is 76.9 Å². The predicted molar refractivity (Wildman–Crippen MR) is 158 cm³/mol. The molecule has 0 unspecified atom stereocenters. The lowest BCUT2D eigenvalue weighted by molar-refractivity contribution is 0.659. The number of benzene rings is 5. The lowest BCUT2D eigenvalue weighted by Crippen LogP contribution is -2.26. The van der Waals surface area contributed by atoms with Crippen LogP contribution < -0.4 is 10.4 Å². The lowest BCUT2D eigenvalue weighted by Gasteiger charge is -2.22. The number of hydrazine groups is 1. The maximum Gasteiger partial charge on any atom is 0.0991 e. The Bertz CT molecular complexity index is 2010. The Kier molecular flexibility index (Phi) is 4.45. The van der Waals surface area contributed by atoms with Crippen molar-refractivity contribution < 1.29 is 0 Å². The van der Waals surface area contributed by atoms with Crippen LogP contribution in [0, 0.1) is 11.3 Å². The van der Waals surface area contributed by atoms with Crippen LogP contribution >= 0.6 is 0 Å². The number of nitrogens with one attached hydrogen (secondary N) is 1. The van der Waals surface area contributed by atoms with Gasteiger partial charge in [0.1, 0.15) is 0 Å². The van der Waals surface area contributed by atoms with Crippen molar-refractivity contribution in [2.24, 2.45) is 0 Å². The number of nitrogens with zero attached hydrogens (tertiary/aromatic N) is 3. The second-order valence-corrected chi connectivity index (χ2v) is 11.0. The average molecular weight is 503 g/mol. The van der Waals surface area contributed by atoms with Crippen LogP contribution in [0.25, 0.3) is 38.6 Å². The van der Waals surface area contributed by atoms with Crippen molar-refractivity contribution >= 4 is 33.2 Å². The highest BCUT2D eigenvalue weighted by Crippen LogP contribution is 2.50. The van der Waals surface area contributed by atoms with Gasteiger partial charge in [0, 0.05) is 34.0 Å². The zero-order valence-electron chi connectivity index (χ0n) is 21.9. The predicted octanol–water partition coefficient (Wildman–Crippen LogP) is 8.12. The van der Waals surface area contributed by atoms with Crippen molar-refractivity contribution in [3.63, 3.8) is 0 Å². The zero-order valence-corrected chi connectivity index (χ0v) is 21.9. The summed E-state index contributed by atoms with van der Waals surface area (Å²) in [6.45, 7) is 5.32. The molecule has 0 atom stereocenters. The topological polar surface area (TPSA) is 44.0 Å². The molecule has 5 aromatic carbocycles. The number of fused-ring (bicyclic) bond motifs is 8. The van der Waals surface area contributed by atoms with Crippen LogP contribution in [0.1, 0.15) is 36.1 Å². The van der Waals surface area contributed by atoms with Crippen molar-refractivity contribution in [1.29, 1.82) is 5.26 Å². The largest absolute Gasteiger partial charge is 0.309 e. The highest BCUT2D eigenvalue weighted by Gasteiger charge is 2.36. The molecule has 4 heteroatoms. The maximum absolute atomic E-state index is 9.51. The minimum Gasteiger partial charge on any atom is -0.309 e. The first-order valence-corrected chi connectivity index (χ1v) is 13.4. The van der Waals surface area contributed by atoms with Gasteiger partial charge < -0.3 is 4.57 Å². The molecule has 1 aliphatic heterocycles. The molecule has 1 N–H and O–H groups in total. The smallest absolute Gasteiger partial charge is 0.0991 e. The molecule has 1 aromatic heterocycles. The van der Waals surface area contributed by atoms with Gasteiger partial charge in [0.2, 0.25) is 0 Å². The monoisotopic (exact) mass is 502 g/mol. The molecule has 4 nitrogen and oxygen atoms in total. The summed E-state index contributed by atoms with van der Waals surface area (Å²) in [7, 11) is 0. The molecule has 6 aromatic rings. The van der Waals surface area contributed by atoms with Gasteiger partial charge in [0.15, 0.2) is 0 Å². The number of aromatic nitrogens is 1. The first-order valence-electron chi connectivity index (χ1n) is 13.4. The van der Waals surface area contributed by atoms with E-state index in [0.29, 0.717) is 5.56 Å². The van der Waals surface area contributed by atoms with E-state index >= 15 is 0 Å². The second-order valence-electron chi connectivity index (χ2n) is 11.0. The van der Waals surface area contributed by atoms with Crippen molar-refractivity contribution in [2.75, 3.05) is 5.01 Å². The molecule has 0 radical (unpaired) electrons. The van der Waals surface area contributed by atoms with E-state index in [0.717, 1.165) is 17.9 Å². The van der Waals surface area contributed by atoms with Gasteiger partial charge in [-0.1, -0.05) is 62.4 Å². The van der Waals surface area contributed by atoms with Gasteiger partial charge in [-0.15, -0.1) is 0 Å². The summed E-state index contributed by atoms with van der Waals surface area (Å²) < 4.78 is 2.41. The Balaban J connectivity index is 1.35. The standard InChI is InChI=1S/C35H26N4/c1-35(2)29-18-22(20-36)12-14-25(29)26-15-13-24(19-30(26)35)38-31-11-7-6-10-27(31)34-28-21-37-39(23-8-4-3-5-9-23)32(28)16-17-33(34)38/h3-19,37H,21H2,1-2H3. The van der Waals surface area contributed by atoms with E-state index in [1.165, 1.54) is 55.3 Å². The molecule has 0 fully saturated rings. The summed E-state index contributed by atoms with van der Waals surface area (Å²) in [6.07, 6.45) is 0. The average Bonchev–Trinajstić information content (AvgIpc) is 3.62. The lowest BCUT2D eigenvalue weighted by atomic mass is 9.82. The van der Waals surface area contributed by atoms with Crippen molar-refractivity contribution in [1.82, 2.24) is 9.99 Å². The van der Waals surface area contributed by atoms with Crippen LogP contribution in [0.3, 0.4) is 0 Å². The van der Waals surface area contributed by atoms with Crippen LogP contribution in [0.15, 0.2) is 103 Å². The van der Waals surface area contributed by atoms with Gasteiger partial charge in [0.05, 0.1) is 34.0 Å². The second kappa shape index (κ2) is 7.83. The van der Waals surface area contributed by atoms with Crippen LogP contribution in [-0.2, 0) is 12.0 Å².